The highest BCUT2D eigenvalue weighted by molar-refractivity contribution is 5.96. The lowest BCUT2D eigenvalue weighted by Crippen LogP contribution is -2.05. The number of aromatic nitrogens is 1. The van der Waals surface area contributed by atoms with Crippen LogP contribution in [0, 0.1) is 5.82 Å². The predicted octanol–water partition coefficient (Wildman–Crippen LogP) is 2.59. The summed E-state index contributed by atoms with van der Waals surface area (Å²) in [6.45, 7) is 0. The van der Waals surface area contributed by atoms with Crippen molar-refractivity contribution >= 4 is 5.97 Å². The van der Waals surface area contributed by atoms with E-state index in [4.69, 9.17) is 9.84 Å². The van der Waals surface area contributed by atoms with Crippen LogP contribution in [-0.4, -0.2) is 23.2 Å². The van der Waals surface area contributed by atoms with Gasteiger partial charge in [0.2, 0.25) is 0 Å². The molecule has 1 heterocycles. The van der Waals surface area contributed by atoms with Crippen molar-refractivity contribution in [1.29, 1.82) is 0 Å². The summed E-state index contributed by atoms with van der Waals surface area (Å²) < 4.78 is 18.7. The van der Waals surface area contributed by atoms with Crippen molar-refractivity contribution in [3.05, 3.63) is 47.9 Å². The van der Waals surface area contributed by atoms with Crippen LogP contribution in [0.5, 0.6) is 5.75 Å². The summed E-state index contributed by atoms with van der Waals surface area (Å²) in [5.74, 6) is -1.93. The van der Waals surface area contributed by atoms with Crippen molar-refractivity contribution in [3.8, 4) is 17.0 Å². The monoisotopic (exact) mass is 247 g/mol. The van der Waals surface area contributed by atoms with Gasteiger partial charge in [-0.25, -0.2) is 9.18 Å². The normalized spacial score (nSPS) is 10.1. The number of pyridine rings is 1. The third kappa shape index (κ3) is 2.15. The molecule has 0 saturated carbocycles. The maximum atomic E-state index is 13.7. The molecule has 0 amide bonds. The molecule has 1 aromatic carbocycles. The van der Waals surface area contributed by atoms with Crippen LogP contribution in [0.1, 0.15) is 10.4 Å². The number of hydrogen-bond donors (Lipinski definition) is 1. The van der Waals surface area contributed by atoms with E-state index in [1.54, 1.807) is 18.2 Å². The fourth-order valence-electron chi connectivity index (χ4n) is 1.64. The Hall–Kier alpha value is -2.43. The lowest BCUT2D eigenvalue weighted by molar-refractivity contribution is 0.0692. The maximum Gasteiger partial charge on any atom is 0.339 e. The molecule has 0 aliphatic rings. The number of benzene rings is 1. The number of hydrogen-bond acceptors (Lipinski definition) is 3. The molecule has 2 aromatic rings. The minimum absolute atomic E-state index is 0.194. The van der Waals surface area contributed by atoms with Gasteiger partial charge < -0.3 is 9.84 Å². The molecule has 0 unspecified atom stereocenters. The van der Waals surface area contributed by atoms with E-state index in [0.717, 1.165) is 6.07 Å². The first-order valence-corrected chi connectivity index (χ1v) is 5.15. The van der Waals surface area contributed by atoms with Crippen molar-refractivity contribution in [2.24, 2.45) is 0 Å². The maximum absolute atomic E-state index is 13.7. The van der Waals surface area contributed by atoms with Crippen LogP contribution >= 0.6 is 0 Å². The predicted molar refractivity (Wildman–Crippen MR) is 63.1 cm³/mol. The molecule has 0 radical (unpaired) electrons. The fraction of sp³-hybridized carbons (Fsp3) is 0.0769. The minimum atomic E-state index is -1.34. The summed E-state index contributed by atoms with van der Waals surface area (Å²) in [6, 6.07) is 7.50. The third-order valence-corrected chi connectivity index (χ3v) is 2.45. The molecular weight excluding hydrogens is 237 g/mol. The second-order valence-electron chi connectivity index (χ2n) is 3.55. The third-order valence-electron chi connectivity index (χ3n) is 2.45. The highest BCUT2D eigenvalue weighted by atomic mass is 19.1. The zero-order valence-corrected chi connectivity index (χ0v) is 9.55. The van der Waals surface area contributed by atoms with Crippen molar-refractivity contribution in [3.63, 3.8) is 0 Å². The molecule has 2 rings (SSSR count). The van der Waals surface area contributed by atoms with Crippen LogP contribution in [-0.2, 0) is 0 Å². The van der Waals surface area contributed by atoms with Gasteiger partial charge in [-0.05, 0) is 18.2 Å². The molecule has 18 heavy (non-hydrogen) atoms. The molecule has 0 spiro atoms. The smallest absolute Gasteiger partial charge is 0.339 e. The van der Waals surface area contributed by atoms with Gasteiger partial charge in [-0.3, -0.25) is 4.98 Å². The van der Waals surface area contributed by atoms with E-state index < -0.39 is 17.3 Å². The van der Waals surface area contributed by atoms with Crippen molar-refractivity contribution < 1.29 is 19.0 Å². The van der Waals surface area contributed by atoms with E-state index in [-0.39, 0.29) is 11.3 Å². The first-order chi connectivity index (χ1) is 8.63. The molecule has 0 aliphatic heterocycles. The molecule has 0 fully saturated rings. The fourth-order valence-corrected chi connectivity index (χ4v) is 1.64. The average Bonchev–Trinajstić information content (AvgIpc) is 2.38. The molecule has 4 nitrogen and oxygen atoms in total. The Bertz CT molecular complexity index is 584. The number of aromatic carboxylic acids is 1. The minimum Gasteiger partial charge on any atom is -0.497 e. The first kappa shape index (κ1) is 12.0. The number of carbonyl (C=O) groups is 1. The average molecular weight is 247 g/mol. The second-order valence-corrected chi connectivity index (χ2v) is 3.55. The Balaban J connectivity index is 2.71. The Morgan fingerprint density at radius 3 is 2.72 bits per heavy atom. The molecule has 1 aromatic heterocycles. The van der Waals surface area contributed by atoms with Gasteiger partial charge in [0.25, 0.3) is 0 Å². The van der Waals surface area contributed by atoms with Crippen LogP contribution in [0.25, 0.3) is 11.3 Å². The van der Waals surface area contributed by atoms with Crippen molar-refractivity contribution in [1.82, 2.24) is 4.98 Å². The van der Waals surface area contributed by atoms with Crippen molar-refractivity contribution in [2.45, 2.75) is 0 Å². The van der Waals surface area contributed by atoms with E-state index in [1.807, 2.05) is 0 Å². The van der Waals surface area contributed by atoms with E-state index in [2.05, 4.69) is 4.98 Å². The topological polar surface area (TPSA) is 59.4 Å². The van der Waals surface area contributed by atoms with Crippen LogP contribution in [0.4, 0.5) is 4.39 Å². The SMILES string of the molecule is COc1cc(F)c(C(=O)O)c(-c2ccccn2)c1. The number of ether oxygens (including phenoxy) is 1. The van der Waals surface area contributed by atoms with E-state index >= 15 is 0 Å². The number of halogens is 1. The van der Waals surface area contributed by atoms with Crippen LogP contribution in [0.2, 0.25) is 0 Å². The summed E-state index contributed by atoms with van der Waals surface area (Å²) in [5.41, 5.74) is 0.169. The summed E-state index contributed by atoms with van der Waals surface area (Å²) >= 11 is 0. The van der Waals surface area contributed by atoms with Gasteiger partial charge in [0.15, 0.2) is 0 Å². The summed E-state index contributed by atoms with van der Waals surface area (Å²) in [4.78, 5) is 15.1. The van der Waals surface area contributed by atoms with E-state index in [9.17, 15) is 9.18 Å². The highest BCUT2D eigenvalue weighted by Gasteiger charge is 2.19. The Kier molecular flexibility index (Phi) is 3.23. The molecule has 0 bridgehead atoms. The van der Waals surface area contributed by atoms with Gasteiger partial charge in [-0.2, -0.15) is 0 Å². The number of nitrogens with zero attached hydrogens (tertiary/aromatic N) is 1. The Morgan fingerprint density at radius 2 is 2.17 bits per heavy atom. The zero-order valence-electron chi connectivity index (χ0n) is 9.55. The molecule has 5 heteroatoms. The van der Waals surface area contributed by atoms with E-state index in [1.165, 1.54) is 19.4 Å². The Labute approximate surface area is 103 Å². The summed E-state index contributed by atoms with van der Waals surface area (Å²) in [5, 5.41) is 9.06. The van der Waals surface area contributed by atoms with Gasteiger partial charge in [-0.15, -0.1) is 0 Å². The van der Waals surface area contributed by atoms with Gasteiger partial charge in [0, 0.05) is 17.8 Å². The number of methoxy groups -OCH3 is 1. The quantitative estimate of drug-likeness (QED) is 0.905. The first-order valence-electron chi connectivity index (χ1n) is 5.15. The summed E-state index contributed by atoms with van der Waals surface area (Å²) in [7, 11) is 1.39. The van der Waals surface area contributed by atoms with Crippen molar-refractivity contribution in [2.75, 3.05) is 7.11 Å². The summed E-state index contributed by atoms with van der Waals surface area (Å²) in [6.07, 6.45) is 1.51. The molecule has 0 aliphatic carbocycles. The number of carboxylic acid groups (broad SMARTS) is 1. The van der Waals surface area contributed by atoms with Gasteiger partial charge >= 0.3 is 5.97 Å². The van der Waals surface area contributed by atoms with Crippen LogP contribution < -0.4 is 4.74 Å². The molecule has 92 valence electrons. The standard InChI is InChI=1S/C13H10FNO3/c1-18-8-6-9(11-4-2-3-5-15-11)12(13(16)17)10(14)7-8/h2-7H,1H3,(H,16,17). The van der Waals surface area contributed by atoms with E-state index in [0.29, 0.717) is 5.69 Å². The Morgan fingerprint density at radius 1 is 1.39 bits per heavy atom. The lowest BCUT2D eigenvalue weighted by Gasteiger charge is -2.09. The zero-order chi connectivity index (χ0) is 13.1. The lowest BCUT2D eigenvalue weighted by atomic mass is 10.0. The molecular formula is C13H10FNO3. The van der Waals surface area contributed by atoms with Gasteiger partial charge in [0.05, 0.1) is 12.8 Å². The molecule has 0 saturated heterocycles. The van der Waals surface area contributed by atoms with Gasteiger partial charge in [-0.1, -0.05) is 6.07 Å². The number of rotatable bonds is 3. The number of carboxylic acids is 1. The molecule has 1 N–H and O–H groups in total. The molecule has 0 atom stereocenters. The highest BCUT2D eigenvalue weighted by Crippen LogP contribution is 2.29. The van der Waals surface area contributed by atoms with Crippen LogP contribution in [0.3, 0.4) is 0 Å². The second kappa shape index (κ2) is 4.83. The van der Waals surface area contributed by atoms with Crippen LogP contribution in [0.15, 0.2) is 36.5 Å². The van der Waals surface area contributed by atoms with Gasteiger partial charge in [0.1, 0.15) is 17.1 Å². The largest absolute Gasteiger partial charge is 0.497 e.